The molecule has 114 valence electrons. The highest BCUT2D eigenvalue weighted by atomic mass is 16.6. The summed E-state index contributed by atoms with van der Waals surface area (Å²) < 4.78 is 9.72. The predicted molar refractivity (Wildman–Crippen MR) is 77.2 cm³/mol. The first-order chi connectivity index (χ1) is 9.94. The average Bonchev–Trinajstić information content (AvgIpc) is 2.91. The van der Waals surface area contributed by atoms with Crippen LogP contribution in [0.4, 0.5) is 11.4 Å². The lowest BCUT2D eigenvalue weighted by Crippen LogP contribution is -2.24. The number of rotatable bonds is 7. The highest BCUT2D eigenvalue weighted by molar-refractivity contribution is 5.93. The van der Waals surface area contributed by atoms with E-state index in [4.69, 9.17) is 4.74 Å². The zero-order valence-electron chi connectivity index (χ0n) is 12.3. The van der Waals surface area contributed by atoms with Crippen LogP contribution in [-0.4, -0.2) is 35.5 Å². The second-order valence-electron chi connectivity index (χ2n) is 5.61. The molecule has 1 aromatic carbocycles. The molecule has 0 unspecified atom stereocenters. The number of hydrogen-bond donors (Lipinski definition) is 1. The zero-order valence-corrected chi connectivity index (χ0v) is 12.3. The Morgan fingerprint density at radius 1 is 1.38 bits per heavy atom. The van der Waals surface area contributed by atoms with Crippen LogP contribution in [0.3, 0.4) is 0 Å². The van der Waals surface area contributed by atoms with Crippen LogP contribution in [0.2, 0.25) is 0 Å². The van der Waals surface area contributed by atoms with E-state index in [9.17, 15) is 10.1 Å². The Bertz CT molecular complexity index is 638. The maximum absolute atomic E-state index is 10.9. The third-order valence-corrected chi connectivity index (χ3v) is 3.33. The summed E-state index contributed by atoms with van der Waals surface area (Å²) in [6.45, 7) is 5.58. The highest BCUT2D eigenvalue weighted by Crippen LogP contribution is 2.30. The van der Waals surface area contributed by atoms with Crippen molar-refractivity contribution in [1.29, 1.82) is 0 Å². The van der Waals surface area contributed by atoms with E-state index in [1.807, 2.05) is 0 Å². The first-order valence-corrected chi connectivity index (χ1v) is 6.57. The standard InChI is InChI=1S/C13H18N4O4/c1-13(2,6-7-20-3)8-14-9-4-5-10(17(18)19)12-11(9)15-21-16-12/h4-5,14H,6-8H2,1-3H3. The molecule has 8 nitrogen and oxygen atoms in total. The minimum Gasteiger partial charge on any atom is -0.385 e. The monoisotopic (exact) mass is 294 g/mol. The molecule has 0 bridgehead atoms. The van der Waals surface area contributed by atoms with E-state index in [0.717, 1.165) is 6.42 Å². The molecule has 2 aromatic rings. The predicted octanol–water partition coefficient (Wildman–Crippen LogP) is 2.61. The smallest absolute Gasteiger partial charge is 0.300 e. The number of nitro benzene ring substituents is 1. The molecule has 1 heterocycles. The molecule has 2 rings (SSSR count). The third kappa shape index (κ3) is 3.46. The molecule has 0 aliphatic rings. The minimum atomic E-state index is -0.501. The molecular weight excluding hydrogens is 276 g/mol. The fraction of sp³-hybridized carbons (Fsp3) is 0.538. The number of aromatic nitrogens is 2. The minimum absolute atomic E-state index is 0.0152. The average molecular weight is 294 g/mol. The van der Waals surface area contributed by atoms with Crippen LogP contribution in [-0.2, 0) is 4.74 Å². The van der Waals surface area contributed by atoms with E-state index in [1.54, 1.807) is 13.2 Å². The lowest BCUT2D eigenvalue weighted by atomic mass is 9.89. The van der Waals surface area contributed by atoms with E-state index in [1.165, 1.54) is 6.07 Å². The molecule has 0 saturated carbocycles. The van der Waals surface area contributed by atoms with Crippen molar-refractivity contribution in [3.63, 3.8) is 0 Å². The van der Waals surface area contributed by atoms with E-state index >= 15 is 0 Å². The van der Waals surface area contributed by atoms with E-state index in [-0.39, 0.29) is 16.6 Å². The number of nitrogens with one attached hydrogen (secondary N) is 1. The second-order valence-corrected chi connectivity index (χ2v) is 5.61. The van der Waals surface area contributed by atoms with Crippen molar-refractivity contribution in [3.8, 4) is 0 Å². The maximum atomic E-state index is 10.9. The van der Waals surface area contributed by atoms with Gasteiger partial charge in [0, 0.05) is 26.3 Å². The number of nitrogens with zero attached hydrogens (tertiary/aromatic N) is 3. The molecule has 0 amide bonds. The molecule has 1 N–H and O–H groups in total. The summed E-state index contributed by atoms with van der Waals surface area (Å²) in [4.78, 5) is 10.4. The molecule has 0 spiro atoms. The van der Waals surface area contributed by atoms with Crippen molar-refractivity contribution < 1.29 is 14.3 Å². The van der Waals surface area contributed by atoms with Crippen molar-refractivity contribution in [1.82, 2.24) is 10.3 Å². The largest absolute Gasteiger partial charge is 0.385 e. The van der Waals surface area contributed by atoms with Gasteiger partial charge in [0.2, 0.25) is 5.52 Å². The SMILES string of the molecule is COCCC(C)(C)CNc1ccc([N+](=O)[O-])c2nonc12. The van der Waals surface area contributed by atoms with Crippen LogP contribution in [0.15, 0.2) is 16.8 Å². The fourth-order valence-electron chi connectivity index (χ4n) is 1.94. The number of ether oxygens (including phenoxy) is 1. The lowest BCUT2D eigenvalue weighted by molar-refractivity contribution is -0.383. The number of benzene rings is 1. The number of non-ortho nitro benzene ring substituents is 1. The van der Waals surface area contributed by atoms with E-state index in [0.29, 0.717) is 24.4 Å². The molecule has 21 heavy (non-hydrogen) atoms. The van der Waals surface area contributed by atoms with E-state index in [2.05, 4.69) is 34.1 Å². The van der Waals surface area contributed by atoms with Crippen LogP contribution in [0, 0.1) is 15.5 Å². The van der Waals surface area contributed by atoms with E-state index < -0.39 is 4.92 Å². The summed E-state index contributed by atoms with van der Waals surface area (Å²) in [5.74, 6) is 0. The molecule has 0 atom stereocenters. The Morgan fingerprint density at radius 2 is 2.10 bits per heavy atom. The van der Waals surface area contributed by atoms with Gasteiger partial charge >= 0.3 is 5.69 Å². The molecule has 0 radical (unpaired) electrons. The third-order valence-electron chi connectivity index (χ3n) is 3.33. The summed E-state index contributed by atoms with van der Waals surface area (Å²) in [6.07, 6.45) is 0.893. The van der Waals surface area contributed by atoms with Crippen molar-refractivity contribution in [2.45, 2.75) is 20.3 Å². The Hall–Kier alpha value is -2.22. The summed E-state index contributed by atoms with van der Waals surface area (Å²) in [5, 5.41) is 21.5. The normalized spacial score (nSPS) is 11.8. The van der Waals surface area contributed by atoms with Gasteiger partial charge in [-0.15, -0.1) is 0 Å². The van der Waals surface area contributed by atoms with Gasteiger partial charge in [0.25, 0.3) is 0 Å². The lowest BCUT2D eigenvalue weighted by Gasteiger charge is -2.25. The Kier molecular flexibility index (Phi) is 4.37. The topological polar surface area (TPSA) is 103 Å². The second kappa shape index (κ2) is 6.04. The molecular formula is C13H18N4O4. The van der Waals surface area contributed by atoms with Crippen molar-refractivity contribution in [3.05, 3.63) is 22.2 Å². The van der Waals surface area contributed by atoms with Gasteiger partial charge < -0.3 is 10.1 Å². The number of hydrogen-bond acceptors (Lipinski definition) is 7. The quantitative estimate of drug-likeness (QED) is 0.618. The number of anilines is 1. The van der Waals surface area contributed by atoms with Gasteiger partial charge in [-0.1, -0.05) is 13.8 Å². The van der Waals surface area contributed by atoms with Crippen LogP contribution in [0.25, 0.3) is 11.0 Å². The van der Waals surface area contributed by atoms with Crippen molar-refractivity contribution >= 4 is 22.4 Å². The van der Waals surface area contributed by atoms with Crippen LogP contribution >= 0.6 is 0 Å². The number of nitro groups is 1. The van der Waals surface area contributed by atoms with Gasteiger partial charge in [-0.25, -0.2) is 4.63 Å². The van der Waals surface area contributed by atoms with Gasteiger partial charge in [-0.2, -0.15) is 0 Å². The zero-order chi connectivity index (χ0) is 15.5. The summed E-state index contributed by atoms with van der Waals surface area (Å²) >= 11 is 0. The van der Waals surface area contributed by atoms with Gasteiger partial charge in [-0.05, 0) is 28.2 Å². The number of methoxy groups -OCH3 is 1. The Labute approximate surface area is 121 Å². The van der Waals surface area contributed by atoms with Crippen LogP contribution < -0.4 is 5.32 Å². The molecule has 1 aromatic heterocycles. The van der Waals surface area contributed by atoms with Crippen LogP contribution in [0.5, 0.6) is 0 Å². The fourth-order valence-corrected chi connectivity index (χ4v) is 1.94. The van der Waals surface area contributed by atoms with Gasteiger partial charge in [-0.3, -0.25) is 10.1 Å². The Morgan fingerprint density at radius 3 is 2.76 bits per heavy atom. The summed E-state index contributed by atoms with van der Waals surface area (Å²) in [6, 6.07) is 3.02. The molecule has 0 fully saturated rings. The van der Waals surface area contributed by atoms with Gasteiger partial charge in [0.05, 0.1) is 10.6 Å². The van der Waals surface area contributed by atoms with Gasteiger partial charge in [0.15, 0.2) is 5.52 Å². The Balaban J connectivity index is 2.18. The highest BCUT2D eigenvalue weighted by Gasteiger charge is 2.22. The van der Waals surface area contributed by atoms with Crippen LogP contribution in [0.1, 0.15) is 20.3 Å². The summed E-state index contributed by atoms with van der Waals surface area (Å²) in [5.41, 5.74) is 1.09. The van der Waals surface area contributed by atoms with Gasteiger partial charge in [0.1, 0.15) is 0 Å². The van der Waals surface area contributed by atoms with Crippen molar-refractivity contribution in [2.75, 3.05) is 25.6 Å². The molecule has 0 aliphatic carbocycles. The molecule has 0 saturated heterocycles. The molecule has 0 aliphatic heterocycles. The number of fused-ring (bicyclic) bond motifs is 1. The first-order valence-electron chi connectivity index (χ1n) is 6.57. The summed E-state index contributed by atoms with van der Waals surface area (Å²) in [7, 11) is 1.67. The first kappa shape index (κ1) is 15.2. The molecule has 8 heteroatoms. The maximum Gasteiger partial charge on any atom is 0.300 e. The van der Waals surface area contributed by atoms with Crippen molar-refractivity contribution in [2.24, 2.45) is 5.41 Å².